The summed E-state index contributed by atoms with van der Waals surface area (Å²) in [6, 6.07) is 0.394. The van der Waals surface area contributed by atoms with Crippen molar-refractivity contribution in [3.63, 3.8) is 0 Å². The van der Waals surface area contributed by atoms with Crippen LogP contribution in [0.5, 0.6) is 0 Å². The molecule has 0 saturated carbocycles. The van der Waals surface area contributed by atoms with Gasteiger partial charge in [0, 0.05) is 45.2 Å². The lowest BCUT2D eigenvalue weighted by molar-refractivity contribution is -0.139. The Morgan fingerprint density at radius 1 is 1.22 bits per heavy atom. The molecular weight excluding hydrogens is 234 g/mol. The highest BCUT2D eigenvalue weighted by molar-refractivity contribution is 5.76. The highest BCUT2D eigenvalue weighted by Crippen LogP contribution is 2.03. The second-order valence-electron chi connectivity index (χ2n) is 4.91. The van der Waals surface area contributed by atoms with Crippen molar-refractivity contribution in [1.82, 2.24) is 15.1 Å². The lowest BCUT2D eigenvalue weighted by Gasteiger charge is -2.33. The molecule has 1 heterocycles. The van der Waals surface area contributed by atoms with Gasteiger partial charge in [0.25, 0.3) is 0 Å². The second kappa shape index (κ2) is 7.33. The molecule has 0 radical (unpaired) electrons. The maximum atomic E-state index is 11.9. The number of hydrogen-bond acceptors (Lipinski definition) is 4. The summed E-state index contributed by atoms with van der Waals surface area (Å²) in [7, 11) is 0. The molecule has 1 amide bonds. The molecule has 1 fully saturated rings. The maximum absolute atomic E-state index is 11.9. The van der Waals surface area contributed by atoms with Crippen molar-refractivity contribution in [3.8, 4) is 0 Å². The normalized spacial score (nSPS) is 17.2. The standard InChI is InChI=1S/C12H23N3O3/c1-10(2)13-4-3-11(16)15-7-5-14(6-8-15)9-12(17)18/h10,13H,3-9H2,1-2H3,(H,17,18). The first-order chi connectivity index (χ1) is 8.49. The first-order valence-electron chi connectivity index (χ1n) is 6.44. The van der Waals surface area contributed by atoms with Crippen molar-refractivity contribution in [2.45, 2.75) is 26.3 Å². The molecule has 1 aliphatic heterocycles. The molecule has 1 saturated heterocycles. The first-order valence-corrected chi connectivity index (χ1v) is 6.44. The average molecular weight is 257 g/mol. The Bertz CT molecular complexity index is 286. The monoisotopic (exact) mass is 257 g/mol. The number of carbonyl (C=O) groups is 2. The van der Waals surface area contributed by atoms with Crippen molar-refractivity contribution in [2.24, 2.45) is 0 Å². The molecule has 1 aliphatic rings. The van der Waals surface area contributed by atoms with Crippen LogP contribution in [0, 0.1) is 0 Å². The molecule has 0 bridgehead atoms. The lowest BCUT2D eigenvalue weighted by Crippen LogP contribution is -2.50. The van der Waals surface area contributed by atoms with Gasteiger partial charge < -0.3 is 15.3 Å². The summed E-state index contributed by atoms with van der Waals surface area (Å²) in [5, 5.41) is 11.9. The quantitative estimate of drug-likeness (QED) is 0.677. The Hall–Kier alpha value is -1.14. The first kappa shape index (κ1) is 14.9. The van der Waals surface area contributed by atoms with Crippen molar-refractivity contribution >= 4 is 11.9 Å². The fourth-order valence-electron chi connectivity index (χ4n) is 1.97. The molecule has 104 valence electrons. The third-order valence-corrected chi connectivity index (χ3v) is 2.98. The third-order valence-electron chi connectivity index (χ3n) is 2.98. The van der Waals surface area contributed by atoms with E-state index in [9.17, 15) is 9.59 Å². The molecule has 2 N–H and O–H groups in total. The van der Waals surface area contributed by atoms with Gasteiger partial charge in [-0.3, -0.25) is 14.5 Å². The van der Waals surface area contributed by atoms with Gasteiger partial charge in [-0.15, -0.1) is 0 Å². The number of nitrogens with one attached hydrogen (secondary N) is 1. The summed E-state index contributed by atoms with van der Waals surface area (Å²) >= 11 is 0. The van der Waals surface area contributed by atoms with Crippen LogP contribution in [-0.2, 0) is 9.59 Å². The topological polar surface area (TPSA) is 72.9 Å². The van der Waals surface area contributed by atoms with Gasteiger partial charge >= 0.3 is 5.97 Å². The summed E-state index contributed by atoms with van der Waals surface area (Å²) in [5.74, 6) is -0.658. The smallest absolute Gasteiger partial charge is 0.317 e. The van der Waals surface area contributed by atoms with Gasteiger partial charge in [0.05, 0.1) is 6.54 Å². The van der Waals surface area contributed by atoms with E-state index in [-0.39, 0.29) is 12.5 Å². The fourth-order valence-corrected chi connectivity index (χ4v) is 1.97. The number of carboxylic acid groups (broad SMARTS) is 1. The van der Waals surface area contributed by atoms with Crippen molar-refractivity contribution in [1.29, 1.82) is 0 Å². The minimum absolute atomic E-state index is 0.0664. The molecule has 0 unspecified atom stereocenters. The largest absolute Gasteiger partial charge is 0.480 e. The summed E-state index contributed by atoms with van der Waals surface area (Å²) < 4.78 is 0. The Labute approximate surface area is 108 Å². The predicted molar refractivity (Wildman–Crippen MR) is 68.4 cm³/mol. The molecule has 0 aromatic heterocycles. The van der Waals surface area contributed by atoms with Crippen LogP contribution < -0.4 is 5.32 Å². The minimum atomic E-state index is -0.809. The minimum Gasteiger partial charge on any atom is -0.480 e. The van der Waals surface area contributed by atoms with E-state index >= 15 is 0 Å². The van der Waals surface area contributed by atoms with Crippen LogP contribution in [0.2, 0.25) is 0 Å². The summed E-state index contributed by atoms with van der Waals surface area (Å²) in [6.45, 7) is 7.43. The zero-order chi connectivity index (χ0) is 13.5. The van der Waals surface area contributed by atoms with Crippen LogP contribution in [0.4, 0.5) is 0 Å². The van der Waals surface area contributed by atoms with Crippen LogP contribution in [-0.4, -0.2) is 72.1 Å². The summed E-state index contributed by atoms with van der Waals surface area (Å²) in [5.41, 5.74) is 0. The van der Waals surface area contributed by atoms with Crippen molar-refractivity contribution in [2.75, 3.05) is 39.3 Å². The molecule has 6 heteroatoms. The third kappa shape index (κ3) is 5.46. The number of amides is 1. The number of hydrogen-bond donors (Lipinski definition) is 2. The number of carbonyl (C=O) groups excluding carboxylic acids is 1. The van der Waals surface area contributed by atoms with Gasteiger partial charge in [-0.25, -0.2) is 0 Å². The Morgan fingerprint density at radius 3 is 2.33 bits per heavy atom. The van der Waals surface area contributed by atoms with Gasteiger partial charge in [0.2, 0.25) is 5.91 Å². The SMILES string of the molecule is CC(C)NCCC(=O)N1CCN(CC(=O)O)CC1. The number of nitrogens with zero attached hydrogens (tertiary/aromatic N) is 2. The van der Waals surface area contributed by atoms with Crippen molar-refractivity contribution in [3.05, 3.63) is 0 Å². The Kier molecular flexibility index (Phi) is 6.07. The molecule has 0 aliphatic carbocycles. The summed E-state index contributed by atoms with van der Waals surface area (Å²) in [6.07, 6.45) is 0.511. The molecule has 0 spiro atoms. The molecular formula is C12H23N3O3. The van der Waals surface area contributed by atoms with Crippen LogP contribution in [0.25, 0.3) is 0 Å². The predicted octanol–water partition coefficient (Wildman–Crippen LogP) is -0.397. The molecule has 1 rings (SSSR count). The van der Waals surface area contributed by atoms with Crippen LogP contribution in [0.1, 0.15) is 20.3 Å². The van der Waals surface area contributed by atoms with E-state index in [1.54, 1.807) is 0 Å². The number of piperazine rings is 1. The number of carboxylic acids is 1. The molecule has 18 heavy (non-hydrogen) atoms. The molecule has 0 atom stereocenters. The lowest BCUT2D eigenvalue weighted by atomic mass is 10.2. The number of aliphatic carboxylic acids is 1. The van der Waals surface area contributed by atoms with E-state index in [1.807, 2.05) is 9.80 Å². The van der Waals surface area contributed by atoms with E-state index in [1.165, 1.54) is 0 Å². The van der Waals surface area contributed by atoms with Crippen LogP contribution in [0.15, 0.2) is 0 Å². The fraction of sp³-hybridized carbons (Fsp3) is 0.833. The average Bonchev–Trinajstić information content (AvgIpc) is 2.28. The Morgan fingerprint density at radius 2 is 1.83 bits per heavy atom. The molecule has 0 aromatic carbocycles. The second-order valence-corrected chi connectivity index (χ2v) is 4.91. The van der Waals surface area contributed by atoms with E-state index in [0.29, 0.717) is 45.2 Å². The highest BCUT2D eigenvalue weighted by Gasteiger charge is 2.21. The van der Waals surface area contributed by atoms with E-state index in [4.69, 9.17) is 5.11 Å². The van der Waals surface area contributed by atoms with E-state index in [2.05, 4.69) is 19.2 Å². The Balaban J connectivity index is 2.21. The van der Waals surface area contributed by atoms with E-state index < -0.39 is 5.97 Å². The molecule has 0 aromatic rings. The van der Waals surface area contributed by atoms with Crippen LogP contribution >= 0.6 is 0 Å². The van der Waals surface area contributed by atoms with Gasteiger partial charge in [-0.1, -0.05) is 13.8 Å². The van der Waals surface area contributed by atoms with Gasteiger partial charge in [0.1, 0.15) is 0 Å². The zero-order valence-electron chi connectivity index (χ0n) is 11.2. The van der Waals surface area contributed by atoms with E-state index in [0.717, 1.165) is 0 Å². The van der Waals surface area contributed by atoms with Gasteiger partial charge in [0.15, 0.2) is 0 Å². The zero-order valence-corrected chi connectivity index (χ0v) is 11.2. The maximum Gasteiger partial charge on any atom is 0.317 e. The van der Waals surface area contributed by atoms with Gasteiger partial charge in [-0.05, 0) is 0 Å². The van der Waals surface area contributed by atoms with Crippen LogP contribution in [0.3, 0.4) is 0 Å². The van der Waals surface area contributed by atoms with Crippen molar-refractivity contribution < 1.29 is 14.7 Å². The van der Waals surface area contributed by atoms with Gasteiger partial charge in [-0.2, -0.15) is 0 Å². The highest BCUT2D eigenvalue weighted by atomic mass is 16.4. The summed E-state index contributed by atoms with van der Waals surface area (Å²) in [4.78, 5) is 26.1. The number of rotatable bonds is 6. The molecule has 6 nitrogen and oxygen atoms in total.